The Morgan fingerprint density at radius 2 is 2.20 bits per heavy atom. The Labute approximate surface area is 97.3 Å². The van der Waals surface area contributed by atoms with Crippen molar-refractivity contribution >= 4 is 16.9 Å². The molecule has 0 aromatic heterocycles. The van der Waals surface area contributed by atoms with Gasteiger partial charge in [0.05, 0.1) is 0 Å². The van der Waals surface area contributed by atoms with Crippen LogP contribution in [-0.2, 0) is 0 Å². The van der Waals surface area contributed by atoms with Crippen molar-refractivity contribution in [2.24, 2.45) is 10.4 Å². The standard InChI is InChI=1S/C12H22N2S/c1-9-7-10(2)15-11(14-9)13-8-12(3)5-4-6-12/h9-10H,4-8H2,1-3H3,(H,13,14). The van der Waals surface area contributed by atoms with Crippen molar-refractivity contribution in [2.75, 3.05) is 6.54 Å². The molecule has 15 heavy (non-hydrogen) atoms. The van der Waals surface area contributed by atoms with E-state index in [9.17, 15) is 0 Å². The summed E-state index contributed by atoms with van der Waals surface area (Å²) in [6.07, 6.45) is 5.37. The zero-order chi connectivity index (χ0) is 10.9. The molecule has 2 rings (SSSR count). The molecule has 1 aliphatic heterocycles. The van der Waals surface area contributed by atoms with Crippen LogP contribution in [0, 0.1) is 5.41 Å². The fourth-order valence-electron chi connectivity index (χ4n) is 2.32. The maximum absolute atomic E-state index is 4.75. The van der Waals surface area contributed by atoms with Crippen LogP contribution in [0.3, 0.4) is 0 Å². The van der Waals surface area contributed by atoms with Crippen LogP contribution in [-0.4, -0.2) is 23.0 Å². The zero-order valence-electron chi connectivity index (χ0n) is 10.0. The lowest BCUT2D eigenvalue weighted by atomic mass is 9.71. The highest BCUT2D eigenvalue weighted by atomic mass is 32.2. The second kappa shape index (κ2) is 4.36. The molecular formula is C12H22N2S. The summed E-state index contributed by atoms with van der Waals surface area (Å²) >= 11 is 1.90. The molecule has 1 saturated heterocycles. The molecular weight excluding hydrogens is 204 g/mol. The molecule has 0 aromatic rings. The molecule has 2 atom stereocenters. The van der Waals surface area contributed by atoms with E-state index in [0.717, 1.165) is 6.54 Å². The number of hydrogen-bond donors (Lipinski definition) is 1. The number of hydrogen-bond acceptors (Lipinski definition) is 2. The van der Waals surface area contributed by atoms with Crippen LogP contribution in [0.5, 0.6) is 0 Å². The SMILES string of the molecule is CC1CC(C)SC(=NCC2(C)CCC2)N1. The first-order valence-electron chi connectivity index (χ1n) is 6.05. The third kappa shape index (κ3) is 2.90. The first kappa shape index (κ1) is 11.3. The fraction of sp³-hybridized carbons (Fsp3) is 0.917. The summed E-state index contributed by atoms with van der Waals surface area (Å²) < 4.78 is 0. The van der Waals surface area contributed by atoms with Gasteiger partial charge in [-0.05, 0) is 31.6 Å². The molecule has 0 spiro atoms. The average molecular weight is 226 g/mol. The van der Waals surface area contributed by atoms with Gasteiger partial charge >= 0.3 is 0 Å². The highest BCUT2D eigenvalue weighted by Crippen LogP contribution is 2.40. The first-order valence-corrected chi connectivity index (χ1v) is 6.93. The van der Waals surface area contributed by atoms with Gasteiger partial charge in [-0.1, -0.05) is 32.0 Å². The summed E-state index contributed by atoms with van der Waals surface area (Å²) in [7, 11) is 0. The molecule has 0 radical (unpaired) electrons. The molecule has 1 aliphatic carbocycles. The van der Waals surface area contributed by atoms with E-state index in [1.807, 2.05) is 11.8 Å². The highest BCUT2D eigenvalue weighted by molar-refractivity contribution is 8.14. The third-order valence-corrected chi connectivity index (χ3v) is 4.60. The van der Waals surface area contributed by atoms with Crippen molar-refractivity contribution < 1.29 is 0 Å². The Kier molecular flexibility index (Phi) is 3.29. The van der Waals surface area contributed by atoms with Gasteiger partial charge in [0.1, 0.15) is 0 Å². The highest BCUT2D eigenvalue weighted by Gasteiger charge is 2.31. The van der Waals surface area contributed by atoms with Crippen molar-refractivity contribution in [3.8, 4) is 0 Å². The lowest BCUT2D eigenvalue weighted by Gasteiger charge is -2.37. The van der Waals surface area contributed by atoms with E-state index < -0.39 is 0 Å². The van der Waals surface area contributed by atoms with Crippen LogP contribution in [0.15, 0.2) is 4.99 Å². The second-order valence-corrected chi connectivity index (χ2v) is 6.92. The number of amidine groups is 1. The van der Waals surface area contributed by atoms with E-state index in [0.29, 0.717) is 16.7 Å². The summed E-state index contributed by atoms with van der Waals surface area (Å²) in [6.45, 7) is 7.92. The maximum Gasteiger partial charge on any atom is 0.157 e. The van der Waals surface area contributed by atoms with E-state index in [1.54, 1.807) is 0 Å². The lowest BCUT2D eigenvalue weighted by Crippen LogP contribution is -2.39. The molecule has 1 heterocycles. The maximum atomic E-state index is 4.75. The summed E-state index contributed by atoms with van der Waals surface area (Å²) in [5, 5.41) is 5.37. The number of nitrogens with zero attached hydrogens (tertiary/aromatic N) is 1. The second-order valence-electron chi connectivity index (χ2n) is 5.50. The molecule has 0 amide bonds. The molecule has 0 bridgehead atoms. The van der Waals surface area contributed by atoms with E-state index in [2.05, 4.69) is 26.1 Å². The largest absolute Gasteiger partial charge is 0.362 e. The van der Waals surface area contributed by atoms with Crippen LogP contribution >= 0.6 is 11.8 Å². The topological polar surface area (TPSA) is 24.4 Å². The minimum atomic E-state index is 0.513. The number of aliphatic imine (C=N–C) groups is 1. The molecule has 3 heteroatoms. The average Bonchev–Trinajstić information content (AvgIpc) is 2.10. The molecule has 2 fully saturated rings. The Morgan fingerprint density at radius 3 is 2.73 bits per heavy atom. The minimum Gasteiger partial charge on any atom is -0.362 e. The molecule has 2 unspecified atom stereocenters. The van der Waals surface area contributed by atoms with Crippen LogP contribution in [0.25, 0.3) is 0 Å². The summed E-state index contributed by atoms with van der Waals surface area (Å²) in [4.78, 5) is 4.75. The fourth-order valence-corrected chi connectivity index (χ4v) is 3.50. The molecule has 0 aromatic carbocycles. The van der Waals surface area contributed by atoms with Crippen molar-refractivity contribution in [1.29, 1.82) is 0 Å². The number of nitrogens with one attached hydrogen (secondary N) is 1. The molecule has 2 aliphatic rings. The van der Waals surface area contributed by atoms with Gasteiger partial charge in [-0.3, -0.25) is 4.99 Å². The van der Waals surface area contributed by atoms with Crippen molar-refractivity contribution in [3.63, 3.8) is 0 Å². The number of rotatable bonds is 2. The first-order chi connectivity index (χ1) is 7.07. The van der Waals surface area contributed by atoms with Gasteiger partial charge in [0.15, 0.2) is 5.17 Å². The van der Waals surface area contributed by atoms with Gasteiger partial charge < -0.3 is 5.32 Å². The minimum absolute atomic E-state index is 0.513. The van der Waals surface area contributed by atoms with E-state index in [4.69, 9.17) is 4.99 Å². The lowest BCUT2D eigenvalue weighted by molar-refractivity contribution is 0.174. The third-order valence-electron chi connectivity index (χ3n) is 3.53. The Morgan fingerprint density at radius 1 is 1.47 bits per heavy atom. The predicted molar refractivity (Wildman–Crippen MR) is 68.5 cm³/mol. The monoisotopic (exact) mass is 226 g/mol. The molecule has 86 valence electrons. The Bertz CT molecular complexity index is 246. The summed E-state index contributed by atoms with van der Waals surface area (Å²) in [5.41, 5.74) is 0.513. The van der Waals surface area contributed by atoms with Crippen molar-refractivity contribution in [1.82, 2.24) is 5.32 Å². The van der Waals surface area contributed by atoms with E-state index in [1.165, 1.54) is 30.9 Å². The van der Waals surface area contributed by atoms with Gasteiger partial charge in [0, 0.05) is 17.8 Å². The van der Waals surface area contributed by atoms with Crippen molar-refractivity contribution in [2.45, 2.75) is 57.7 Å². The van der Waals surface area contributed by atoms with Gasteiger partial charge in [-0.2, -0.15) is 0 Å². The van der Waals surface area contributed by atoms with Gasteiger partial charge in [0.2, 0.25) is 0 Å². The van der Waals surface area contributed by atoms with Crippen LogP contribution < -0.4 is 5.32 Å². The molecule has 1 saturated carbocycles. The summed E-state index contributed by atoms with van der Waals surface area (Å²) in [5.74, 6) is 0. The van der Waals surface area contributed by atoms with Crippen LogP contribution in [0.1, 0.15) is 46.5 Å². The Balaban J connectivity index is 1.88. The van der Waals surface area contributed by atoms with Gasteiger partial charge in [0.25, 0.3) is 0 Å². The van der Waals surface area contributed by atoms with Crippen LogP contribution in [0.2, 0.25) is 0 Å². The van der Waals surface area contributed by atoms with Crippen LogP contribution in [0.4, 0.5) is 0 Å². The van der Waals surface area contributed by atoms with Gasteiger partial charge in [-0.15, -0.1) is 0 Å². The van der Waals surface area contributed by atoms with E-state index in [-0.39, 0.29) is 0 Å². The van der Waals surface area contributed by atoms with E-state index >= 15 is 0 Å². The normalized spacial score (nSPS) is 37.1. The summed E-state index contributed by atoms with van der Waals surface area (Å²) in [6, 6.07) is 0.592. The number of thioether (sulfide) groups is 1. The Hall–Kier alpha value is -0.180. The van der Waals surface area contributed by atoms with Crippen molar-refractivity contribution in [3.05, 3.63) is 0 Å². The smallest absolute Gasteiger partial charge is 0.157 e. The predicted octanol–water partition coefficient (Wildman–Crippen LogP) is 3.04. The molecule has 2 nitrogen and oxygen atoms in total. The van der Waals surface area contributed by atoms with Gasteiger partial charge in [-0.25, -0.2) is 0 Å². The molecule has 1 N–H and O–H groups in total. The zero-order valence-corrected chi connectivity index (χ0v) is 10.9. The quantitative estimate of drug-likeness (QED) is 0.782.